The minimum Gasteiger partial charge on any atom is -0.307 e. The summed E-state index contributed by atoms with van der Waals surface area (Å²) in [5.74, 6) is 0. The smallest absolute Gasteiger partial charge is 0.307 e. The predicted molar refractivity (Wildman–Crippen MR) is 56.1 cm³/mol. The maximum Gasteiger partial charge on any atom is 0.325 e. The Morgan fingerprint density at radius 3 is 2.75 bits per heavy atom. The first-order valence-electron chi connectivity index (χ1n) is 4.31. The molecule has 7 heteroatoms. The number of nitro groups is 1. The lowest BCUT2D eigenvalue weighted by molar-refractivity contribution is -0.385. The molecule has 0 aliphatic carbocycles. The molecule has 0 spiro atoms. The molecule has 2 N–H and O–H groups in total. The van der Waals surface area contributed by atoms with E-state index in [4.69, 9.17) is 0 Å². The topological polar surface area (TPSA) is 101 Å². The van der Waals surface area contributed by atoms with Gasteiger partial charge in [0.15, 0.2) is 0 Å². The lowest BCUT2D eigenvalue weighted by atomic mass is 10.1. The Kier molecular flexibility index (Phi) is 3.54. The number of hydrogen-bond donors (Lipinski definition) is 2. The zero-order chi connectivity index (χ0) is 12.1. The highest BCUT2D eigenvalue weighted by Gasteiger charge is 2.14. The molecule has 0 saturated carbocycles. The summed E-state index contributed by atoms with van der Waals surface area (Å²) in [5.41, 5.74) is 0.519. The summed E-state index contributed by atoms with van der Waals surface area (Å²) in [6.45, 7) is 1.51. The van der Waals surface area contributed by atoms with Gasteiger partial charge in [0.25, 0.3) is 5.69 Å². The van der Waals surface area contributed by atoms with Gasteiger partial charge in [0, 0.05) is 6.07 Å². The van der Waals surface area contributed by atoms with Crippen LogP contribution < -0.4 is 10.6 Å². The standard InChI is InChI=1S/C9H9N3O4/c1-6-7(11-9(14)10-5-13)3-2-4-8(6)12(15)16/h2-5H,1H3,(H2,10,11,13,14). The normalized spacial score (nSPS) is 9.31. The molecule has 0 radical (unpaired) electrons. The maximum absolute atomic E-state index is 11.0. The Morgan fingerprint density at radius 2 is 2.19 bits per heavy atom. The van der Waals surface area contributed by atoms with Gasteiger partial charge in [-0.2, -0.15) is 0 Å². The monoisotopic (exact) mass is 223 g/mol. The summed E-state index contributed by atoms with van der Waals surface area (Å²) < 4.78 is 0. The number of amides is 3. The zero-order valence-electron chi connectivity index (χ0n) is 8.39. The van der Waals surface area contributed by atoms with Crippen molar-refractivity contribution < 1.29 is 14.5 Å². The van der Waals surface area contributed by atoms with Crippen molar-refractivity contribution in [1.82, 2.24) is 5.32 Å². The second kappa shape index (κ2) is 4.87. The van der Waals surface area contributed by atoms with E-state index in [1.54, 1.807) is 0 Å². The Morgan fingerprint density at radius 1 is 1.50 bits per heavy atom. The molecule has 0 bridgehead atoms. The van der Waals surface area contributed by atoms with Gasteiger partial charge in [0.05, 0.1) is 16.2 Å². The van der Waals surface area contributed by atoms with Crippen molar-refractivity contribution in [2.45, 2.75) is 6.92 Å². The zero-order valence-corrected chi connectivity index (χ0v) is 8.39. The van der Waals surface area contributed by atoms with Gasteiger partial charge < -0.3 is 5.32 Å². The molecule has 84 valence electrons. The molecule has 1 aromatic rings. The molecule has 1 aromatic carbocycles. The van der Waals surface area contributed by atoms with Crippen molar-refractivity contribution >= 4 is 23.8 Å². The van der Waals surface area contributed by atoms with Gasteiger partial charge in [-0.3, -0.25) is 20.2 Å². The fourth-order valence-electron chi connectivity index (χ4n) is 1.17. The van der Waals surface area contributed by atoms with E-state index in [-0.39, 0.29) is 17.8 Å². The maximum atomic E-state index is 11.0. The molecule has 1 rings (SSSR count). The van der Waals surface area contributed by atoms with Gasteiger partial charge in [-0.05, 0) is 13.0 Å². The van der Waals surface area contributed by atoms with E-state index in [1.807, 2.05) is 5.32 Å². The van der Waals surface area contributed by atoms with Crippen molar-refractivity contribution in [3.63, 3.8) is 0 Å². The molecule has 0 aliphatic rings. The second-order valence-electron chi connectivity index (χ2n) is 2.92. The number of urea groups is 1. The molecule has 0 fully saturated rings. The second-order valence-corrected chi connectivity index (χ2v) is 2.92. The number of nitrogens with zero attached hydrogens (tertiary/aromatic N) is 1. The Balaban J connectivity index is 2.97. The number of anilines is 1. The number of hydrogen-bond acceptors (Lipinski definition) is 4. The quantitative estimate of drug-likeness (QED) is 0.456. The number of nitro benzene ring substituents is 1. The van der Waals surface area contributed by atoms with Gasteiger partial charge in [-0.25, -0.2) is 4.79 Å². The third kappa shape index (κ3) is 2.53. The molecule has 0 saturated heterocycles. The van der Waals surface area contributed by atoms with Crippen LogP contribution in [-0.2, 0) is 4.79 Å². The van der Waals surface area contributed by atoms with Crippen molar-refractivity contribution in [3.8, 4) is 0 Å². The number of rotatable bonds is 3. The lowest BCUT2D eigenvalue weighted by Crippen LogP contribution is -2.27. The minimum atomic E-state index is -0.737. The first-order chi connectivity index (χ1) is 7.56. The molecule has 0 heterocycles. The van der Waals surface area contributed by atoms with E-state index < -0.39 is 11.0 Å². The SMILES string of the molecule is Cc1c(NC(=O)NC=O)cccc1[N+](=O)[O-]. The number of nitrogens with one attached hydrogen (secondary N) is 2. The number of carbonyl (C=O) groups excluding carboxylic acids is 2. The van der Waals surface area contributed by atoms with E-state index in [0.717, 1.165) is 0 Å². The Labute approximate surface area is 90.6 Å². The highest BCUT2D eigenvalue weighted by atomic mass is 16.6. The molecular weight excluding hydrogens is 214 g/mol. The van der Waals surface area contributed by atoms with Crippen LogP contribution in [-0.4, -0.2) is 17.4 Å². The average molecular weight is 223 g/mol. The fraction of sp³-hybridized carbons (Fsp3) is 0.111. The predicted octanol–water partition coefficient (Wildman–Crippen LogP) is 1.18. The van der Waals surface area contributed by atoms with E-state index >= 15 is 0 Å². The van der Waals surface area contributed by atoms with E-state index in [1.165, 1.54) is 25.1 Å². The van der Waals surface area contributed by atoms with Gasteiger partial charge >= 0.3 is 6.03 Å². The van der Waals surface area contributed by atoms with Crippen molar-refractivity contribution in [1.29, 1.82) is 0 Å². The van der Waals surface area contributed by atoms with Gasteiger partial charge in [-0.1, -0.05) is 6.07 Å². The molecule has 16 heavy (non-hydrogen) atoms. The molecule has 0 atom stereocenters. The first-order valence-corrected chi connectivity index (χ1v) is 4.31. The summed E-state index contributed by atoms with van der Waals surface area (Å²) in [6, 6.07) is 3.55. The number of carbonyl (C=O) groups is 2. The van der Waals surface area contributed by atoms with Crippen molar-refractivity contribution in [3.05, 3.63) is 33.9 Å². The van der Waals surface area contributed by atoms with Crippen LogP contribution in [0.2, 0.25) is 0 Å². The third-order valence-electron chi connectivity index (χ3n) is 1.94. The highest BCUT2D eigenvalue weighted by Crippen LogP contribution is 2.24. The lowest BCUT2D eigenvalue weighted by Gasteiger charge is -2.06. The van der Waals surface area contributed by atoms with Crippen LogP contribution in [0.25, 0.3) is 0 Å². The molecule has 0 unspecified atom stereocenters. The molecule has 0 aromatic heterocycles. The largest absolute Gasteiger partial charge is 0.325 e. The van der Waals surface area contributed by atoms with Crippen molar-refractivity contribution in [2.75, 3.05) is 5.32 Å². The van der Waals surface area contributed by atoms with Crippen molar-refractivity contribution in [2.24, 2.45) is 0 Å². The van der Waals surface area contributed by atoms with Crippen LogP contribution in [0.3, 0.4) is 0 Å². The molecule has 7 nitrogen and oxygen atoms in total. The molecule has 3 amide bonds. The highest BCUT2D eigenvalue weighted by molar-refractivity contribution is 5.96. The average Bonchev–Trinajstić information content (AvgIpc) is 2.21. The Bertz CT molecular complexity index is 444. The van der Waals surface area contributed by atoms with Crippen LogP contribution in [0, 0.1) is 17.0 Å². The van der Waals surface area contributed by atoms with Crippen LogP contribution >= 0.6 is 0 Å². The molecule has 0 aliphatic heterocycles. The number of imide groups is 1. The fourth-order valence-corrected chi connectivity index (χ4v) is 1.17. The third-order valence-corrected chi connectivity index (χ3v) is 1.94. The summed E-state index contributed by atoms with van der Waals surface area (Å²) in [7, 11) is 0. The van der Waals surface area contributed by atoms with Crippen LogP contribution in [0.4, 0.5) is 16.2 Å². The summed E-state index contributed by atoms with van der Waals surface area (Å²) in [5, 5.41) is 14.8. The summed E-state index contributed by atoms with van der Waals surface area (Å²) >= 11 is 0. The Hall–Kier alpha value is -2.44. The van der Waals surface area contributed by atoms with Crippen LogP contribution in [0.5, 0.6) is 0 Å². The number of benzene rings is 1. The van der Waals surface area contributed by atoms with Gasteiger partial charge in [0.2, 0.25) is 6.41 Å². The van der Waals surface area contributed by atoms with Crippen LogP contribution in [0.1, 0.15) is 5.56 Å². The first kappa shape index (κ1) is 11.6. The van der Waals surface area contributed by atoms with Crippen LogP contribution in [0.15, 0.2) is 18.2 Å². The minimum absolute atomic E-state index is 0.0936. The summed E-state index contributed by atoms with van der Waals surface area (Å²) in [4.78, 5) is 31.1. The molecular formula is C9H9N3O4. The summed E-state index contributed by atoms with van der Waals surface area (Å²) in [6.07, 6.45) is 0.224. The van der Waals surface area contributed by atoms with Gasteiger partial charge in [-0.15, -0.1) is 0 Å². The van der Waals surface area contributed by atoms with E-state index in [0.29, 0.717) is 5.56 Å². The van der Waals surface area contributed by atoms with E-state index in [9.17, 15) is 19.7 Å². The van der Waals surface area contributed by atoms with Gasteiger partial charge in [0.1, 0.15) is 0 Å². The van der Waals surface area contributed by atoms with E-state index in [2.05, 4.69) is 5.32 Å².